The van der Waals surface area contributed by atoms with Gasteiger partial charge in [-0.05, 0) is 51.1 Å². The number of carbonyl (C=O) groups is 1. The van der Waals surface area contributed by atoms with Crippen LogP contribution in [0.15, 0.2) is 40.0 Å². The lowest BCUT2D eigenvalue weighted by atomic mass is 10.0. The van der Waals surface area contributed by atoms with Crippen molar-refractivity contribution in [2.24, 2.45) is 0 Å². The third-order valence-corrected chi connectivity index (χ3v) is 4.27. The van der Waals surface area contributed by atoms with E-state index < -0.39 is 39.5 Å². The van der Waals surface area contributed by atoms with Gasteiger partial charge in [-0.15, -0.1) is 0 Å². The molecule has 0 saturated heterocycles. The maximum atomic E-state index is 13.5. The van der Waals surface area contributed by atoms with Crippen LogP contribution in [0, 0.1) is 0 Å². The van der Waals surface area contributed by atoms with Gasteiger partial charge in [-0.3, -0.25) is 4.79 Å². The van der Waals surface area contributed by atoms with Gasteiger partial charge in [0.1, 0.15) is 0 Å². The Morgan fingerprint density at radius 3 is 1.96 bits per heavy atom. The summed E-state index contributed by atoms with van der Waals surface area (Å²) >= 11 is 1.13. The molecule has 0 saturated carbocycles. The highest BCUT2D eigenvalue weighted by atomic mass is 127. The second-order valence-corrected chi connectivity index (χ2v) is 6.97. The van der Waals surface area contributed by atoms with E-state index in [1.165, 1.54) is 12.1 Å². The summed E-state index contributed by atoms with van der Waals surface area (Å²) in [5, 5.41) is 2.42. The number of hydrogen-bond donors (Lipinski definition) is 1. The molecule has 0 atom stereocenters. The van der Waals surface area contributed by atoms with Gasteiger partial charge in [0, 0.05) is 18.2 Å². The Bertz CT molecular complexity index is 702. The summed E-state index contributed by atoms with van der Waals surface area (Å²) in [6.07, 6.45) is -7.85. The molecule has 0 bridgehead atoms. The average molecular weight is 533 g/mol. The highest BCUT2D eigenvalue weighted by Gasteiger charge is 2.81. The van der Waals surface area contributed by atoms with E-state index >= 15 is 0 Å². The lowest BCUT2D eigenvalue weighted by Gasteiger charge is -2.32. The van der Waals surface area contributed by atoms with E-state index in [9.17, 15) is 44.3 Å². The van der Waals surface area contributed by atoms with Gasteiger partial charge in [0.05, 0.1) is 0 Å². The molecule has 0 aliphatic carbocycles. The van der Waals surface area contributed by atoms with Gasteiger partial charge in [0.15, 0.2) is 0 Å². The predicted octanol–water partition coefficient (Wildman–Crippen LogP) is 5.98. The van der Waals surface area contributed by atoms with Gasteiger partial charge >= 0.3 is 23.9 Å². The zero-order valence-electron chi connectivity index (χ0n) is 13.8. The van der Waals surface area contributed by atoms with Crippen LogP contribution in [0.5, 0.6) is 0 Å². The summed E-state index contributed by atoms with van der Waals surface area (Å²) in [4.78, 5) is 11.7. The van der Waals surface area contributed by atoms with Crippen LogP contribution >= 0.6 is 22.6 Å². The predicted molar refractivity (Wildman–Crippen MR) is 91.0 cm³/mol. The summed E-state index contributed by atoms with van der Waals surface area (Å²) in [5.41, 5.74) is 0.313. The summed E-state index contributed by atoms with van der Waals surface area (Å²) in [5.74, 6) is -19.8. The first kappa shape index (κ1) is 24.6. The maximum Gasteiger partial charge on any atom is 0.460 e. The minimum absolute atomic E-state index is 0.0370. The fraction of sp³-hybridized carbons (Fsp3) is 0.438. The zero-order valence-corrected chi connectivity index (χ0v) is 15.9. The SMILES string of the molecule is O=C(NCCCC(I)=CC(F)(F)C(F)(F)C(F)(F)C(F)(F)F)c1ccccc1. The molecule has 1 aromatic rings. The monoisotopic (exact) mass is 533 g/mol. The molecular formula is C16H13F9INO. The van der Waals surface area contributed by atoms with E-state index in [0.717, 1.165) is 22.6 Å². The summed E-state index contributed by atoms with van der Waals surface area (Å²) in [6, 6.07) is 7.87. The molecule has 0 radical (unpaired) electrons. The van der Waals surface area contributed by atoms with Gasteiger partial charge < -0.3 is 5.32 Å². The van der Waals surface area contributed by atoms with Crippen LogP contribution in [0.4, 0.5) is 39.5 Å². The van der Waals surface area contributed by atoms with Gasteiger partial charge in [-0.1, -0.05) is 18.2 Å². The highest BCUT2D eigenvalue weighted by Crippen LogP contribution is 2.53. The van der Waals surface area contributed by atoms with E-state index in [4.69, 9.17) is 0 Å². The molecule has 0 spiro atoms. The Balaban J connectivity index is 2.70. The first-order chi connectivity index (χ1) is 12.6. The molecule has 2 nitrogen and oxygen atoms in total. The van der Waals surface area contributed by atoms with Crippen molar-refractivity contribution in [3.8, 4) is 0 Å². The number of allylic oxidation sites excluding steroid dienone is 2. The molecule has 158 valence electrons. The van der Waals surface area contributed by atoms with Crippen molar-refractivity contribution in [3.63, 3.8) is 0 Å². The molecule has 1 aromatic carbocycles. The van der Waals surface area contributed by atoms with Crippen molar-refractivity contribution in [2.45, 2.75) is 36.8 Å². The smallest absolute Gasteiger partial charge is 0.352 e. The largest absolute Gasteiger partial charge is 0.460 e. The van der Waals surface area contributed by atoms with Gasteiger partial charge in [-0.25, -0.2) is 0 Å². The molecule has 1 amide bonds. The number of benzene rings is 1. The molecule has 1 N–H and O–H groups in total. The molecule has 0 aliphatic heterocycles. The fourth-order valence-electron chi connectivity index (χ4n) is 1.90. The molecular weight excluding hydrogens is 520 g/mol. The Labute approximate surface area is 167 Å². The second kappa shape index (κ2) is 8.91. The molecule has 0 aliphatic rings. The van der Waals surface area contributed by atoms with Gasteiger partial charge in [-0.2, -0.15) is 39.5 Å². The van der Waals surface area contributed by atoms with E-state index in [-0.39, 0.29) is 19.4 Å². The first-order valence-corrected chi connectivity index (χ1v) is 8.62. The zero-order chi connectivity index (χ0) is 21.8. The maximum absolute atomic E-state index is 13.5. The summed E-state index contributed by atoms with van der Waals surface area (Å²) in [7, 11) is 0. The van der Waals surface area contributed by atoms with Crippen molar-refractivity contribution in [1.82, 2.24) is 5.32 Å². The Hall–Kier alpha value is -1.47. The minimum atomic E-state index is -6.92. The third-order valence-electron chi connectivity index (χ3n) is 3.42. The third kappa shape index (κ3) is 5.54. The van der Waals surface area contributed by atoms with Crippen LogP contribution in [0.1, 0.15) is 23.2 Å². The lowest BCUT2D eigenvalue weighted by molar-refractivity contribution is -0.388. The summed E-state index contributed by atoms with van der Waals surface area (Å²) in [6.45, 7) is -0.0608. The van der Waals surface area contributed by atoms with Crippen LogP contribution in [0.3, 0.4) is 0 Å². The molecule has 0 aromatic heterocycles. The normalized spacial score (nSPS) is 14.1. The van der Waals surface area contributed by atoms with Crippen LogP contribution in [-0.4, -0.2) is 36.4 Å². The molecule has 0 unspecified atom stereocenters. The number of amides is 1. The molecule has 12 heteroatoms. The highest BCUT2D eigenvalue weighted by molar-refractivity contribution is 14.1. The van der Waals surface area contributed by atoms with Crippen LogP contribution in [0.2, 0.25) is 0 Å². The molecule has 0 heterocycles. The standard InChI is InChI=1S/C16H13F9INO/c17-13(18,14(19,20)15(21,22)16(23,24)25)9-11(26)7-4-8-27-12(28)10-5-2-1-3-6-10/h1-3,5-6,9H,4,7-8H2,(H,27,28). The molecule has 1 rings (SSSR count). The number of nitrogens with one attached hydrogen (secondary N) is 1. The minimum Gasteiger partial charge on any atom is -0.352 e. The topological polar surface area (TPSA) is 29.1 Å². The molecule has 28 heavy (non-hydrogen) atoms. The second-order valence-electron chi connectivity index (χ2n) is 5.59. The Kier molecular flexibility index (Phi) is 7.81. The number of carbonyl (C=O) groups excluding carboxylic acids is 1. The Morgan fingerprint density at radius 1 is 0.929 bits per heavy atom. The number of hydrogen-bond acceptors (Lipinski definition) is 1. The van der Waals surface area contributed by atoms with Crippen molar-refractivity contribution < 1.29 is 44.3 Å². The van der Waals surface area contributed by atoms with Crippen molar-refractivity contribution in [3.05, 3.63) is 45.6 Å². The quantitative estimate of drug-likeness (QED) is 0.249. The van der Waals surface area contributed by atoms with E-state index in [0.29, 0.717) is 5.56 Å². The number of halogens is 10. The van der Waals surface area contributed by atoms with E-state index in [2.05, 4.69) is 5.32 Å². The average Bonchev–Trinajstić information content (AvgIpc) is 2.57. The van der Waals surface area contributed by atoms with Crippen molar-refractivity contribution in [1.29, 1.82) is 0 Å². The number of alkyl halides is 9. The van der Waals surface area contributed by atoms with E-state index in [1.54, 1.807) is 18.2 Å². The van der Waals surface area contributed by atoms with E-state index in [1.807, 2.05) is 0 Å². The van der Waals surface area contributed by atoms with Gasteiger partial charge in [0.25, 0.3) is 5.91 Å². The van der Waals surface area contributed by atoms with Crippen LogP contribution in [0.25, 0.3) is 0 Å². The lowest BCUT2D eigenvalue weighted by Crippen LogP contribution is -2.60. The first-order valence-electron chi connectivity index (χ1n) is 7.54. The van der Waals surface area contributed by atoms with Crippen molar-refractivity contribution >= 4 is 28.5 Å². The fourth-order valence-corrected chi connectivity index (χ4v) is 2.67. The van der Waals surface area contributed by atoms with Gasteiger partial charge in [0.2, 0.25) is 0 Å². The Morgan fingerprint density at radius 2 is 1.46 bits per heavy atom. The van der Waals surface area contributed by atoms with Crippen LogP contribution in [-0.2, 0) is 0 Å². The summed E-state index contributed by atoms with van der Waals surface area (Å²) < 4.78 is 114. The molecule has 0 fully saturated rings. The van der Waals surface area contributed by atoms with Crippen molar-refractivity contribution in [2.75, 3.05) is 6.54 Å². The van der Waals surface area contributed by atoms with Crippen LogP contribution < -0.4 is 5.32 Å². The number of rotatable bonds is 8.